The molecule has 0 atom stereocenters. The Kier molecular flexibility index (Phi) is 3.59. The number of thiazole rings is 1. The SMILES string of the molecule is Cc1nc2ccc(C(=O)N3CCC4(CC3)OC(=O)c3ccccc34)cc2s1. The van der Waals surface area contributed by atoms with Gasteiger partial charge in [0.1, 0.15) is 5.60 Å². The summed E-state index contributed by atoms with van der Waals surface area (Å²) in [5.41, 5.74) is 2.66. The monoisotopic (exact) mass is 378 g/mol. The Morgan fingerprint density at radius 2 is 1.96 bits per heavy atom. The van der Waals surface area contributed by atoms with Crippen molar-refractivity contribution >= 4 is 33.4 Å². The zero-order chi connectivity index (χ0) is 18.6. The zero-order valence-electron chi connectivity index (χ0n) is 14.9. The van der Waals surface area contributed by atoms with Gasteiger partial charge in [0, 0.05) is 37.1 Å². The van der Waals surface area contributed by atoms with E-state index in [0.29, 0.717) is 37.1 Å². The molecule has 0 radical (unpaired) electrons. The number of ether oxygens (including phenoxy) is 1. The molecule has 0 saturated carbocycles. The van der Waals surface area contributed by atoms with Gasteiger partial charge < -0.3 is 9.64 Å². The number of fused-ring (bicyclic) bond motifs is 3. The predicted molar refractivity (Wildman–Crippen MR) is 103 cm³/mol. The molecule has 2 aliphatic heterocycles. The quantitative estimate of drug-likeness (QED) is 0.603. The lowest BCUT2D eigenvalue weighted by molar-refractivity contribution is -0.0389. The number of amides is 1. The molecule has 5 rings (SSSR count). The molecule has 0 unspecified atom stereocenters. The summed E-state index contributed by atoms with van der Waals surface area (Å²) in [7, 11) is 0. The van der Waals surface area contributed by atoms with Gasteiger partial charge in [0.15, 0.2) is 0 Å². The van der Waals surface area contributed by atoms with Crippen molar-refractivity contribution in [2.45, 2.75) is 25.4 Å². The van der Waals surface area contributed by atoms with Crippen LogP contribution in [0.3, 0.4) is 0 Å². The van der Waals surface area contributed by atoms with E-state index in [1.54, 1.807) is 11.3 Å². The van der Waals surface area contributed by atoms with Gasteiger partial charge >= 0.3 is 5.97 Å². The van der Waals surface area contributed by atoms with Crippen LogP contribution in [0.4, 0.5) is 0 Å². The van der Waals surface area contributed by atoms with E-state index in [1.807, 2.05) is 54.3 Å². The molecule has 27 heavy (non-hydrogen) atoms. The largest absolute Gasteiger partial charge is 0.450 e. The van der Waals surface area contributed by atoms with Crippen molar-refractivity contribution in [3.05, 3.63) is 64.2 Å². The molecule has 2 aromatic carbocycles. The first-order valence-electron chi connectivity index (χ1n) is 9.05. The summed E-state index contributed by atoms with van der Waals surface area (Å²) in [5, 5.41) is 0.997. The number of esters is 1. The molecule has 1 saturated heterocycles. The van der Waals surface area contributed by atoms with E-state index in [1.165, 1.54) is 0 Å². The second-order valence-corrected chi connectivity index (χ2v) is 8.37. The summed E-state index contributed by atoms with van der Waals surface area (Å²) < 4.78 is 6.80. The molecule has 1 fully saturated rings. The van der Waals surface area contributed by atoms with Gasteiger partial charge in [-0.25, -0.2) is 9.78 Å². The topological polar surface area (TPSA) is 59.5 Å². The first-order valence-corrected chi connectivity index (χ1v) is 9.87. The molecule has 3 aromatic rings. The molecule has 1 aromatic heterocycles. The second kappa shape index (κ2) is 5.89. The van der Waals surface area contributed by atoms with Gasteiger partial charge in [0.2, 0.25) is 0 Å². The lowest BCUT2D eigenvalue weighted by Gasteiger charge is -2.38. The lowest BCUT2D eigenvalue weighted by Crippen LogP contribution is -2.45. The Morgan fingerprint density at radius 1 is 1.19 bits per heavy atom. The Bertz CT molecular complexity index is 1080. The first kappa shape index (κ1) is 16.4. The number of carbonyl (C=O) groups is 2. The van der Waals surface area contributed by atoms with Gasteiger partial charge in [-0.3, -0.25) is 4.79 Å². The third-order valence-electron chi connectivity index (χ3n) is 5.53. The Labute approximate surface area is 160 Å². The Hall–Kier alpha value is -2.73. The van der Waals surface area contributed by atoms with Gasteiger partial charge in [0.05, 0.1) is 20.8 Å². The fourth-order valence-electron chi connectivity index (χ4n) is 4.14. The van der Waals surface area contributed by atoms with E-state index < -0.39 is 5.60 Å². The lowest BCUT2D eigenvalue weighted by atomic mass is 9.83. The van der Waals surface area contributed by atoms with Crippen LogP contribution in [0.5, 0.6) is 0 Å². The average Bonchev–Trinajstić information content (AvgIpc) is 3.19. The third kappa shape index (κ3) is 2.55. The van der Waals surface area contributed by atoms with Crippen molar-refractivity contribution in [1.29, 1.82) is 0 Å². The van der Waals surface area contributed by atoms with Crippen LogP contribution in [0.25, 0.3) is 10.2 Å². The van der Waals surface area contributed by atoms with Crippen LogP contribution in [-0.4, -0.2) is 34.8 Å². The normalized spacial score (nSPS) is 18.0. The molecule has 5 nitrogen and oxygen atoms in total. The fraction of sp³-hybridized carbons (Fsp3) is 0.286. The van der Waals surface area contributed by atoms with Crippen molar-refractivity contribution in [3.63, 3.8) is 0 Å². The molecule has 3 heterocycles. The highest BCUT2D eigenvalue weighted by Gasteiger charge is 2.47. The van der Waals surface area contributed by atoms with E-state index in [0.717, 1.165) is 20.8 Å². The standard InChI is InChI=1S/C21H18N2O3S/c1-13-22-17-7-6-14(12-18(17)27-13)19(24)23-10-8-21(9-11-23)16-5-3-2-4-15(16)20(25)26-21/h2-7,12H,8-11H2,1H3. The molecule has 136 valence electrons. The van der Waals surface area contributed by atoms with Crippen LogP contribution in [-0.2, 0) is 10.3 Å². The van der Waals surface area contributed by atoms with Crippen LogP contribution in [0, 0.1) is 6.92 Å². The van der Waals surface area contributed by atoms with Gasteiger partial charge in [-0.05, 0) is 31.2 Å². The molecule has 0 aliphatic carbocycles. The molecule has 1 amide bonds. The van der Waals surface area contributed by atoms with Gasteiger partial charge in [-0.1, -0.05) is 18.2 Å². The molecular formula is C21H18N2O3S. The van der Waals surface area contributed by atoms with E-state index in [9.17, 15) is 9.59 Å². The van der Waals surface area contributed by atoms with Gasteiger partial charge in [0.25, 0.3) is 5.91 Å². The van der Waals surface area contributed by atoms with Crippen LogP contribution in [0.15, 0.2) is 42.5 Å². The smallest absolute Gasteiger partial charge is 0.339 e. The van der Waals surface area contributed by atoms with Gasteiger partial charge in [-0.15, -0.1) is 11.3 Å². The number of benzene rings is 2. The number of piperidine rings is 1. The third-order valence-corrected chi connectivity index (χ3v) is 6.46. The van der Waals surface area contributed by atoms with E-state index in [2.05, 4.69) is 4.98 Å². The number of hydrogen-bond acceptors (Lipinski definition) is 5. The predicted octanol–water partition coefficient (Wildman–Crippen LogP) is 3.91. The first-order chi connectivity index (χ1) is 13.1. The maximum Gasteiger partial charge on any atom is 0.339 e. The van der Waals surface area contributed by atoms with Crippen molar-refractivity contribution in [2.24, 2.45) is 0 Å². The minimum absolute atomic E-state index is 0.0235. The molecule has 0 bridgehead atoms. The summed E-state index contributed by atoms with van der Waals surface area (Å²) in [6, 6.07) is 13.3. The summed E-state index contributed by atoms with van der Waals surface area (Å²) in [4.78, 5) is 31.5. The molecular weight excluding hydrogens is 360 g/mol. The summed E-state index contributed by atoms with van der Waals surface area (Å²) in [5.74, 6) is -0.230. The minimum Gasteiger partial charge on any atom is -0.450 e. The summed E-state index contributed by atoms with van der Waals surface area (Å²) >= 11 is 1.60. The van der Waals surface area contributed by atoms with Crippen molar-refractivity contribution in [1.82, 2.24) is 9.88 Å². The molecule has 1 spiro atoms. The van der Waals surface area contributed by atoms with Crippen LogP contribution in [0.2, 0.25) is 0 Å². The highest BCUT2D eigenvalue weighted by atomic mass is 32.1. The van der Waals surface area contributed by atoms with Crippen molar-refractivity contribution < 1.29 is 14.3 Å². The summed E-state index contributed by atoms with van der Waals surface area (Å²) in [6.45, 7) is 3.11. The minimum atomic E-state index is -0.580. The molecule has 6 heteroatoms. The van der Waals surface area contributed by atoms with Crippen LogP contribution in [0.1, 0.15) is 44.1 Å². The van der Waals surface area contributed by atoms with E-state index in [4.69, 9.17) is 4.74 Å². The Morgan fingerprint density at radius 3 is 2.78 bits per heavy atom. The van der Waals surface area contributed by atoms with Crippen molar-refractivity contribution in [3.8, 4) is 0 Å². The van der Waals surface area contributed by atoms with E-state index >= 15 is 0 Å². The van der Waals surface area contributed by atoms with Crippen LogP contribution < -0.4 is 0 Å². The number of carbonyl (C=O) groups excluding carboxylic acids is 2. The van der Waals surface area contributed by atoms with E-state index in [-0.39, 0.29) is 11.9 Å². The number of aryl methyl sites for hydroxylation is 1. The molecule has 2 aliphatic rings. The maximum atomic E-state index is 13.0. The number of nitrogens with zero attached hydrogens (tertiary/aromatic N) is 2. The number of hydrogen-bond donors (Lipinski definition) is 0. The highest BCUT2D eigenvalue weighted by Crippen LogP contribution is 2.44. The maximum absolute atomic E-state index is 13.0. The van der Waals surface area contributed by atoms with Crippen LogP contribution >= 0.6 is 11.3 Å². The second-order valence-electron chi connectivity index (χ2n) is 7.14. The number of aromatic nitrogens is 1. The average molecular weight is 378 g/mol. The zero-order valence-corrected chi connectivity index (χ0v) is 15.7. The number of rotatable bonds is 1. The van der Waals surface area contributed by atoms with Gasteiger partial charge in [-0.2, -0.15) is 0 Å². The highest BCUT2D eigenvalue weighted by molar-refractivity contribution is 7.18. The summed E-state index contributed by atoms with van der Waals surface area (Å²) in [6.07, 6.45) is 1.26. The molecule has 0 N–H and O–H groups in total. The van der Waals surface area contributed by atoms with Crippen molar-refractivity contribution in [2.75, 3.05) is 13.1 Å². The Balaban J connectivity index is 1.37. The fourth-order valence-corrected chi connectivity index (χ4v) is 5.01. The number of likely N-dealkylation sites (tertiary alicyclic amines) is 1.